The first-order valence-electron chi connectivity index (χ1n) is 6.83. The van der Waals surface area contributed by atoms with Gasteiger partial charge in [0.25, 0.3) is 5.92 Å². The van der Waals surface area contributed by atoms with E-state index in [0.29, 0.717) is 11.7 Å². The SMILES string of the molecule is CC(F)(F)COc1ccc(CC2CCCNC2)cc1. The summed E-state index contributed by atoms with van der Waals surface area (Å²) in [5.41, 5.74) is 1.24. The lowest BCUT2D eigenvalue weighted by Gasteiger charge is -2.22. The molecule has 1 aliphatic heterocycles. The van der Waals surface area contributed by atoms with E-state index in [4.69, 9.17) is 4.74 Å². The highest BCUT2D eigenvalue weighted by atomic mass is 19.3. The first-order valence-corrected chi connectivity index (χ1v) is 6.83. The minimum atomic E-state index is -2.79. The van der Waals surface area contributed by atoms with Gasteiger partial charge in [0.1, 0.15) is 5.75 Å². The summed E-state index contributed by atoms with van der Waals surface area (Å²) in [6.07, 6.45) is 3.53. The van der Waals surface area contributed by atoms with E-state index < -0.39 is 12.5 Å². The van der Waals surface area contributed by atoms with E-state index >= 15 is 0 Å². The second-order valence-electron chi connectivity index (χ2n) is 5.42. The molecule has 0 bridgehead atoms. The maximum atomic E-state index is 12.7. The molecule has 2 rings (SSSR count). The fourth-order valence-corrected chi connectivity index (χ4v) is 2.36. The molecule has 1 fully saturated rings. The Bertz CT molecular complexity index is 380. The molecule has 106 valence electrons. The largest absolute Gasteiger partial charge is 0.487 e. The second-order valence-corrected chi connectivity index (χ2v) is 5.42. The van der Waals surface area contributed by atoms with Gasteiger partial charge in [0.2, 0.25) is 0 Å². The molecule has 19 heavy (non-hydrogen) atoms. The van der Waals surface area contributed by atoms with Crippen LogP contribution in [0.2, 0.25) is 0 Å². The number of hydrogen-bond donors (Lipinski definition) is 1. The third-order valence-electron chi connectivity index (χ3n) is 3.34. The Balaban J connectivity index is 1.83. The summed E-state index contributed by atoms with van der Waals surface area (Å²) < 4.78 is 30.4. The number of rotatable bonds is 5. The Labute approximate surface area is 113 Å². The van der Waals surface area contributed by atoms with Gasteiger partial charge in [-0.05, 0) is 56.0 Å². The second kappa shape index (κ2) is 6.33. The minimum Gasteiger partial charge on any atom is -0.487 e. The van der Waals surface area contributed by atoms with Gasteiger partial charge in [-0.1, -0.05) is 12.1 Å². The number of hydrogen-bond acceptors (Lipinski definition) is 2. The van der Waals surface area contributed by atoms with Crippen molar-refractivity contribution in [3.63, 3.8) is 0 Å². The molecule has 1 saturated heterocycles. The van der Waals surface area contributed by atoms with Gasteiger partial charge in [0.05, 0.1) is 0 Å². The molecular formula is C15H21F2NO. The molecule has 0 aliphatic carbocycles. The maximum Gasteiger partial charge on any atom is 0.278 e. The van der Waals surface area contributed by atoms with Gasteiger partial charge in [-0.2, -0.15) is 0 Å². The number of piperidine rings is 1. The fourth-order valence-electron chi connectivity index (χ4n) is 2.36. The van der Waals surface area contributed by atoms with E-state index in [1.54, 1.807) is 12.1 Å². The third kappa shape index (κ3) is 5.15. The van der Waals surface area contributed by atoms with Crippen molar-refractivity contribution in [2.24, 2.45) is 5.92 Å². The van der Waals surface area contributed by atoms with Crippen molar-refractivity contribution in [2.75, 3.05) is 19.7 Å². The average molecular weight is 269 g/mol. The molecule has 0 saturated carbocycles. The highest BCUT2D eigenvalue weighted by Crippen LogP contribution is 2.20. The molecule has 1 unspecified atom stereocenters. The first kappa shape index (κ1) is 14.3. The molecule has 0 amide bonds. The van der Waals surface area contributed by atoms with Gasteiger partial charge in [0, 0.05) is 6.92 Å². The van der Waals surface area contributed by atoms with Crippen LogP contribution in [0.3, 0.4) is 0 Å². The van der Waals surface area contributed by atoms with Crippen molar-refractivity contribution < 1.29 is 13.5 Å². The topological polar surface area (TPSA) is 21.3 Å². The smallest absolute Gasteiger partial charge is 0.278 e. The Morgan fingerprint density at radius 1 is 1.32 bits per heavy atom. The molecule has 1 heterocycles. The molecule has 1 N–H and O–H groups in total. The van der Waals surface area contributed by atoms with E-state index in [1.807, 2.05) is 12.1 Å². The minimum absolute atomic E-state index is 0.507. The zero-order chi connectivity index (χ0) is 13.7. The molecule has 4 heteroatoms. The molecule has 1 aromatic carbocycles. The predicted molar refractivity (Wildman–Crippen MR) is 71.9 cm³/mol. The summed E-state index contributed by atoms with van der Waals surface area (Å²) in [6, 6.07) is 7.49. The monoisotopic (exact) mass is 269 g/mol. The maximum absolute atomic E-state index is 12.7. The summed E-state index contributed by atoms with van der Waals surface area (Å²) in [7, 11) is 0. The van der Waals surface area contributed by atoms with Gasteiger partial charge in [-0.3, -0.25) is 0 Å². The van der Waals surface area contributed by atoms with Crippen LogP contribution < -0.4 is 10.1 Å². The zero-order valence-corrected chi connectivity index (χ0v) is 11.3. The van der Waals surface area contributed by atoms with Crippen LogP contribution in [0, 0.1) is 5.92 Å². The summed E-state index contributed by atoms with van der Waals surface area (Å²) in [5, 5.41) is 3.40. The van der Waals surface area contributed by atoms with Crippen molar-refractivity contribution in [1.82, 2.24) is 5.32 Å². The molecule has 1 atom stereocenters. The van der Waals surface area contributed by atoms with Gasteiger partial charge >= 0.3 is 0 Å². The summed E-state index contributed by atoms with van der Waals surface area (Å²) in [4.78, 5) is 0. The Morgan fingerprint density at radius 2 is 2.05 bits per heavy atom. The Morgan fingerprint density at radius 3 is 2.63 bits per heavy atom. The van der Waals surface area contributed by atoms with Crippen LogP contribution in [0.15, 0.2) is 24.3 Å². The average Bonchev–Trinajstić information content (AvgIpc) is 2.38. The zero-order valence-electron chi connectivity index (χ0n) is 11.3. The van der Waals surface area contributed by atoms with Gasteiger partial charge in [0.15, 0.2) is 6.61 Å². The van der Waals surface area contributed by atoms with Crippen LogP contribution in [-0.2, 0) is 6.42 Å². The van der Waals surface area contributed by atoms with Crippen LogP contribution >= 0.6 is 0 Å². The van der Waals surface area contributed by atoms with E-state index in [-0.39, 0.29) is 0 Å². The number of alkyl halides is 2. The summed E-state index contributed by atoms with van der Waals surface area (Å²) >= 11 is 0. The predicted octanol–water partition coefficient (Wildman–Crippen LogP) is 3.26. The quantitative estimate of drug-likeness (QED) is 0.886. The van der Waals surface area contributed by atoms with Crippen LogP contribution in [0.5, 0.6) is 5.75 Å². The fraction of sp³-hybridized carbons (Fsp3) is 0.600. The van der Waals surface area contributed by atoms with Gasteiger partial charge in [-0.25, -0.2) is 8.78 Å². The van der Waals surface area contributed by atoms with Crippen molar-refractivity contribution in [1.29, 1.82) is 0 Å². The molecule has 1 aromatic rings. The van der Waals surface area contributed by atoms with Crippen LogP contribution in [0.25, 0.3) is 0 Å². The van der Waals surface area contributed by atoms with Crippen molar-refractivity contribution >= 4 is 0 Å². The van der Waals surface area contributed by atoms with Crippen LogP contribution in [0.1, 0.15) is 25.3 Å². The number of ether oxygens (including phenoxy) is 1. The van der Waals surface area contributed by atoms with E-state index in [1.165, 1.54) is 18.4 Å². The number of nitrogens with one attached hydrogen (secondary N) is 1. The van der Waals surface area contributed by atoms with Crippen molar-refractivity contribution in [2.45, 2.75) is 32.1 Å². The van der Waals surface area contributed by atoms with Crippen molar-refractivity contribution in [3.05, 3.63) is 29.8 Å². The Kier molecular flexibility index (Phi) is 4.75. The van der Waals surface area contributed by atoms with Crippen LogP contribution in [0.4, 0.5) is 8.78 Å². The number of halogens is 2. The van der Waals surface area contributed by atoms with Crippen LogP contribution in [-0.4, -0.2) is 25.6 Å². The summed E-state index contributed by atoms with van der Waals surface area (Å²) in [6.45, 7) is 2.48. The highest BCUT2D eigenvalue weighted by Gasteiger charge is 2.22. The lowest BCUT2D eigenvalue weighted by molar-refractivity contribution is -0.0229. The van der Waals surface area contributed by atoms with E-state index in [0.717, 1.165) is 26.4 Å². The van der Waals surface area contributed by atoms with E-state index in [2.05, 4.69) is 5.32 Å². The molecule has 0 radical (unpaired) electrons. The normalized spacial score (nSPS) is 20.3. The standard InChI is InChI=1S/C15H21F2NO/c1-15(16,17)11-19-14-6-4-12(5-7-14)9-13-3-2-8-18-10-13/h4-7,13,18H,2-3,8-11H2,1H3. The molecule has 0 aromatic heterocycles. The molecular weight excluding hydrogens is 248 g/mol. The molecule has 1 aliphatic rings. The third-order valence-corrected chi connectivity index (χ3v) is 3.34. The lowest BCUT2D eigenvalue weighted by atomic mass is 9.92. The molecule has 2 nitrogen and oxygen atoms in total. The Hall–Kier alpha value is -1.16. The van der Waals surface area contributed by atoms with Gasteiger partial charge < -0.3 is 10.1 Å². The number of benzene rings is 1. The lowest BCUT2D eigenvalue weighted by Crippen LogP contribution is -2.30. The van der Waals surface area contributed by atoms with Gasteiger partial charge in [-0.15, -0.1) is 0 Å². The summed E-state index contributed by atoms with van der Waals surface area (Å²) in [5.74, 6) is -1.60. The molecule has 0 spiro atoms. The van der Waals surface area contributed by atoms with Crippen molar-refractivity contribution in [3.8, 4) is 5.75 Å². The van der Waals surface area contributed by atoms with E-state index in [9.17, 15) is 8.78 Å². The first-order chi connectivity index (χ1) is 9.03. The highest BCUT2D eigenvalue weighted by molar-refractivity contribution is 5.27.